The molecule has 2 aromatic rings. The van der Waals surface area contributed by atoms with Crippen LogP contribution in [-0.4, -0.2) is 55.6 Å². The predicted octanol–water partition coefficient (Wildman–Crippen LogP) is 3.33. The molecule has 28 heavy (non-hydrogen) atoms. The summed E-state index contributed by atoms with van der Waals surface area (Å²) < 4.78 is 24.1. The van der Waals surface area contributed by atoms with E-state index in [1.807, 2.05) is 36.0 Å². The maximum absolute atomic E-state index is 12.0. The van der Waals surface area contributed by atoms with Crippen LogP contribution in [0.25, 0.3) is 0 Å². The van der Waals surface area contributed by atoms with E-state index in [0.29, 0.717) is 5.69 Å². The van der Waals surface area contributed by atoms with Crippen molar-refractivity contribution < 1.29 is 13.3 Å². The van der Waals surface area contributed by atoms with E-state index in [9.17, 15) is 18.5 Å². The van der Waals surface area contributed by atoms with Crippen molar-refractivity contribution in [3.05, 3.63) is 58.1 Å². The number of nitrogens with one attached hydrogen (secondary N) is 1. The zero-order valence-corrected chi connectivity index (χ0v) is 17.3. The van der Waals surface area contributed by atoms with Gasteiger partial charge in [0.15, 0.2) is 9.84 Å². The topological polar surface area (TPSA) is 92.5 Å². The average molecular weight is 422 g/mol. The highest BCUT2D eigenvalue weighted by atomic mass is 32.2. The lowest BCUT2D eigenvalue weighted by atomic mass is 10.1. The maximum Gasteiger partial charge on any atom is 0.270 e. The van der Waals surface area contributed by atoms with Crippen LogP contribution in [0, 0.1) is 10.1 Å². The summed E-state index contributed by atoms with van der Waals surface area (Å²) in [4.78, 5) is 12.7. The summed E-state index contributed by atoms with van der Waals surface area (Å²) in [5.74, 6) is 2.39. The number of benzene rings is 2. The minimum atomic E-state index is -3.61. The van der Waals surface area contributed by atoms with Gasteiger partial charge in [-0.05, 0) is 30.2 Å². The van der Waals surface area contributed by atoms with Gasteiger partial charge in [-0.2, -0.15) is 11.8 Å². The number of non-ortho nitro benzene ring substituents is 1. The minimum Gasteiger partial charge on any atom is -0.354 e. The predicted molar refractivity (Wildman–Crippen MR) is 113 cm³/mol. The molecule has 1 heterocycles. The summed E-state index contributed by atoms with van der Waals surface area (Å²) in [5.41, 5.74) is 2.02. The normalized spacial score (nSPS) is 15.3. The lowest BCUT2D eigenvalue weighted by Gasteiger charge is -2.26. The molecule has 0 amide bonds. The Labute approximate surface area is 169 Å². The Morgan fingerprint density at radius 3 is 2.43 bits per heavy atom. The maximum atomic E-state index is 12.0. The highest BCUT2D eigenvalue weighted by Crippen LogP contribution is 2.29. The number of nitrogens with zero attached hydrogens (tertiary/aromatic N) is 2. The third-order valence-corrected chi connectivity index (χ3v) is 6.71. The van der Waals surface area contributed by atoms with Gasteiger partial charge in [0.1, 0.15) is 0 Å². The van der Waals surface area contributed by atoms with Gasteiger partial charge in [-0.15, -0.1) is 0 Å². The molecule has 1 N–H and O–H groups in total. The quantitative estimate of drug-likeness (QED) is 0.541. The average Bonchev–Trinajstić information content (AvgIpc) is 2.67. The number of anilines is 2. The minimum absolute atomic E-state index is 0.0891. The molecule has 0 aliphatic carbocycles. The zero-order valence-electron chi connectivity index (χ0n) is 15.6. The van der Waals surface area contributed by atoms with E-state index in [4.69, 9.17) is 0 Å². The van der Waals surface area contributed by atoms with E-state index in [2.05, 4.69) is 10.2 Å². The molecule has 0 atom stereocenters. The third kappa shape index (κ3) is 5.46. The first kappa shape index (κ1) is 20.6. The van der Waals surface area contributed by atoms with Crippen LogP contribution in [-0.2, 0) is 16.3 Å². The van der Waals surface area contributed by atoms with Crippen LogP contribution in [0.1, 0.15) is 5.56 Å². The Balaban J connectivity index is 1.70. The van der Waals surface area contributed by atoms with Crippen molar-refractivity contribution in [3.63, 3.8) is 0 Å². The first-order chi connectivity index (χ1) is 13.3. The molecule has 0 saturated carbocycles. The van der Waals surface area contributed by atoms with E-state index in [1.165, 1.54) is 29.2 Å². The molecule has 9 heteroatoms. The molecule has 0 radical (unpaired) electrons. The smallest absolute Gasteiger partial charge is 0.270 e. The second kappa shape index (κ2) is 8.93. The zero-order chi connectivity index (χ0) is 20.1. The second-order valence-electron chi connectivity index (χ2n) is 6.74. The van der Waals surface area contributed by atoms with Gasteiger partial charge in [-0.1, -0.05) is 12.1 Å². The standard InChI is InChI=1S/C19H23N3O4S2/c1-28(25,26)19-14-17(22(23)24)6-7-18(19)20-16-4-2-15(3-5-16)8-9-21-10-12-27-13-11-21/h2-7,14,20H,8-13H2,1H3. The molecular formula is C19H23N3O4S2. The number of thioether (sulfide) groups is 1. The van der Waals surface area contributed by atoms with Gasteiger partial charge < -0.3 is 10.2 Å². The molecule has 0 bridgehead atoms. The molecule has 1 aliphatic heterocycles. The van der Waals surface area contributed by atoms with Crippen molar-refractivity contribution in [2.75, 3.05) is 42.7 Å². The molecular weight excluding hydrogens is 398 g/mol. The summed E-state index contributed by atoms with van der Waals surface area (Å²) in [5, 5.41) is 14.0. The van der Waals surface area contributed by atoms with Gasteiger partial charge in [-0.25, -0.2) is 8.42 Å². The lowest BCUT2D eigenvalue weighted by Crippen LogP contribution is -2.34. The Morgan fingerprint density at radius 2 is 1.82 bits per heavy atom. The molecule has 0 aromatic heterocycles. The van der Waals surface area contributed by atoms with E-state index in [0.717, 1.165) is 44.1 Å². The fraction of sp³-hybridized carbons (Fsp3) is 0.368. The van der Waals surface area contributed by atoms with E-state index >= 15 is 0 Å². The van der Waals surface area contributed by atoms with Crippen molar-refractivity contribution in [3.8, 4) is 0 Å². The van der Waals surface area contributed by atoms with Crippen molar-refractivity contribution in [1.82, 2.24) is 4.90 Å². The van der Waals surface area contributed by atoms with Gasteiger partial charge in [0.2, 0.25) is 0 Å². The molecule has 1 aliphatic rings. The van der Waals surface area contributed by atoms with Crippen LogP contribution >= 0.6 is 11.8 Å². The van der Waals surface area contributed by atoms with Crippen LogP contribution in [0.2, 0.25) is 0 Å². The molecule has 3 rings (SSSR count). The summed E-state index contributed by atoms with van der Waals surface area (Å²) in [6.45, 7) is 3.31. The van der Waals surface area contributed by atoms with Crippen LogP contribution in [0.3, 0.4) is 0 Å². The van der Waals surface area contributed by atoms with Crippen molar-refractivity contribution in [1.29, 1.82) is 0 Å². The Bertz CT molecular complexity index is 940. The van der Waals surface area contributed by atoms with Crippen molar-refractivity contribution in [2.45, 2.75) is 11.3 Å². The number of hydrogen-bond donors (Lipinski definition) is 1. The SMILES string of the molecule is CS(=O)(=O)c1cc([N+](=O)[O-])ccc1Nc1ccc(CCN2CCSCC2)cc1. The summed E-state index contributed by atoms with van der Waals surface area (Å²) in [6, 6.07) is 11.6. The van der Waals surface area contributed by atoms with E-state index < -0.39 is 14.8 Å². The summed E-state index contributed by atoms with van der Waals surface area (Å²) in [6.07, 6.45) is 2.01. The van der Waals surface area contributed by atoms with Gasteiger partial charge in [0.05, 0.1) is 15.5 Å². The summed E-state index contributed by atoms with van der Waals surface area (Å²) in [7, 11) is -3.61. The Hall–Kier alpha value is -2.10. The molecule has 0 unspecified atom stereocenters. The Morgan fingerprint density at radius 1 is 1.14 bits per heavy atom. The van der Waals surface area contributed by atoms with Gasteiger partial charge >= 0.3 is 0 Å². The van der Waals surface area contributed by atoms with Crippen molar-refractivity contribution in [2.24, 2.45) is 0 Å². The highest BCUT2D eigenvalue weighted by molar-refractivity contribution is 7.99. The van der Waals surface area contributed by atoms with E-state index in [1.54, 1.807) is 0 Å². The lowest BCUT2D eigenvalue weighted by molar-refractivity contribution is -0.385. The fourth-order valence-corrected chi connectivity index (χ4v) is 4.89. The highest BCUT2D eigenvalue weighted by Gasteiger charge is 2.18. The van der Waals surface area contributed by atoms with Crippen LogP contribution in [0.5, 0.6) is 0 Å². The molecule has 0 spiro atoms. The van der Waals surface area contributed by atoms with Crippen LogP contribution in [0.15, 0.2) is 47.4 Å². The first-order valence-corrected chi connectivity index (χ1v) is 12.0. The molecule has 150 valence electrons. The number of rotatable bonds is 7. The summed E-state index contributed by atoms with van der Waals surface area (Å²) >= 11 is 2.00. The number of nitro groups is 1. The Kier molecular flexibility index (Phi) is 6.58. The van der Waals surface area contributed by atoms with Crippen LogP contribution < -0.4 is 5.32 Å². The molecule has 7 nitrogen and oxygen atoms in total. The number of sulfone groups is 1. The van der Waals surface area contributed by atoms with Gasteiger partial charge in [0, 0.05) is 55.2 Å². The molecule has 1 saturated heterocycles. The van der Waals surface area contributed by atoms with Crippen molar-refractivity contribution >= 4 is 38.7 Å². The number of nitro benzene ring substituents is 1. The fourth-order valence-electron chi connectivity index (χ4n) is 3.06. The van der Waals surface area contributed by atoms with E-state index in [-0.39, 0.29) is 10.6 Å². The number of hydrogen-bond acceptors (Lipinski definition) is 7. The molecule has 2 aromatic carbocycles. The monoisotopic (exact) mass is 421 g/mol. The molecule has 1 fully saturated rings. The van der Waals surface area contributed by atoms with Crippen LogP contribution in [0.4, 0.5) is 17.1 Å². The van der Waals surface area contributed by atoms with Gasteiger partial charge in [0.25, 0.3) is 5.69 Å². The van der Waals surface area contributed by atoms with Gasteiger partial charge in [-0.3, -0.25) is 10.1 Å². The first-order valence-electron chi connectivity index (χ1n) is 8.97. The second-order valence-corrected chi connectivity index (χ2v) is 9.94. The third-order valence-electron chi connectivity index (χ3n) is 4.63. The largest absolute Gasteiger partial charge is 0.354 e.